The summed E-state index contributed by atoms with van der Waals surface area (Å²) in [7, 11) is 0. The van der Waals surface area contributed by atoms with Crippen molar-refractivity contribution in [3.05, 3.63) is 29.8 Å². The van der Waals surface area contributed by atoms with E-state index in [0.29, 0.717) is 5.75 Å². The van der Waals surface area contributed by atoms with Crippen LogP contribution in [0.15, 0.2) is 29.2 Å². The Morgan fingerprint density at radius 3 is 2.80 bits per heavy atom. The van der Waals surface area contributed by atoms with E-state index in [1.54, 1.807) is 0 Å². The average molecular weight is 311 g/mol. The number of thioether (sulfide) groups is 2. The third-order valence-corrected chi connectivity index (χ3v) is 5.62. The van der Waals surface area contributed by atoms with Gasteiger partial charge in [0.05, 0.1) is 11.1 Å². The van der Waals surface area contributed by atoms with Gasteiger partial charge < -0.3 is 10.0 Å². The van der Waals surface area contributed by atoms with Crippen LogP contribution >= 0.6 is 23.5 Å². The molecule has 6 heteroatoms. The Hall–Kier alpha value is -1.14. The first-order valence-corrected chi connectivity index (χ1v) is 8.38. The van der Waals surface area contributed by atoms with E-state index in [9.17, 15) is 9.59 Å². The van der Waals surface area contributed by atoms with Crippen LogP contribution < -0.4 is 0 Å². The van der Waals surface area contributed by atoms with Crippen molar-refractivity contribution in [2.45, 2.75) is 30.2 Å². The highest BCUT2D eigenvalue weighted by Crippen LogP contribution is 2.30. The van der Waals surface area contributed by atoms with Gasteiger partial charge in [0.1, 0.15) is 6.04 Å². The summed E-state index contributed by atoms with van der Waals surface area (Å²) >= 11 is 2.97. The topological polar surface area (TPSA) is 57.6 Å². The van der Waals surface area contributed by atoms with Crippen molar-refractivity contribution in [1.82, 2.24) is 4.90 Å². The number of hydrogen-bond donors (Lipinski definition) is 1. The Morgan fingerprint density at radius 2 is 2.15 bits per heavy atom. The summed E-state index contributed by atoms with van der Waals surface area (Å²) in [5.74, 6) is -0.282. The van der Waals surface area contributed by atoms with Crippen molar-refractivity contribution in [2.24, 2.45) is 0 Å². The molecule has 0 bridgehead atoms. The van der Waals surface area contributed by atoms with Crippen LogP contribution in [0.3, 0.4) is 0 Å². The first kappa shape index (κ1) is 15.3. The van der Waals surface area contributed by atoms with Crippen molar-refractivity contribution in [2.75, 3.05) is 11.5 Å². The Balaban J connectivity index is 2.01. The molecule has 1 amide bonds. The van der Waals surface area contributed by atoms with Crippen LogP contribution in [0.25, 0.3) is 0 Å². The highest BCUT2D eigenvalue weighted by atomic mass is 32.2. The minimum Gasteiger partial charge on any atom is -0.480 e. The summed E-state index contributed by atoms with van der Waals surface area (Å²) in [5, 5.41) is 9.10. The molecule has 0 saturated carbocycles. The van der Waals surface area contributed by atoms with Crippen LogP contribution in [0.5, 0.6) is 0 Å². The predicted molar refractivity (Wildman–Crippen MR) is 82.1 cm³/mol. The van der Waals surface area contributed by atoms with E-state index < -0.39 is 12.0 Å². The van der Waals surface area contributed by atoms with Crippen LogP contribution in [0, 0.1) is 6.92 Å². The molecule has 1 fully saturated rings. The molecule has 2 unspecified atom stereocenters. The number of carbonyl (C=O) groups excluding carboxylic acids is 1. The van der Waals surface area contributed by atoms with Crippen LogP contribution in [0.4, 0.5) is 0 Å². The summed E-state index contributed by atoms with van der Waals surface area (Å²) in [6.45, 7) is 3.88. The van der Waals surface area contributed by atoms with Crippen LogP contribution in [0.1, 0.15) is 12.5 Å². The highest BCUT2D eigenvalue weighted by Gasteiger charge is 2.39. The number of aryl methyl sites for hydroxylation is 1. The maximum Gasteiger partial charge on any atom is 0.327 e. The van der Waals surface area contributed by atoms with Crippen molar-refractivity contribution in [3.8, 4) is 0 Å². The molecule has 0 spiro atoms. The molecule has 1 aliphatic rings. The second-order valence-corrected chi connectivity index (χ2v) is 7.01. The number of carboxylic acid groups (broad SMARTS) is 1. The lowest BCUT2D eigenvalue weighted by molar-refractivity contribution is -0.147. The van der Waals surface area contributed by atoms with Crippen LogP contribution in [0.2, 0.25) is 0 Å². The van der Waals surface area contributed by atoms with E-state index >= 15 is 0 Å². The molecule has 1 aromatic rings. The van der Waals surface area contributed by atoms with Gasteiger partial charge in [0.15, 0.2) is 0 Å². The molecule has 2 rings (SSSR count). The fourth-order valence-corrected chi connectivity index (χ4v) is 4.23. The monoisotopic (exact) mass is 311 g/mol. The number of carbonyl (C=O) groups is 2. The predicted octanol–water partition coefficient (Wildman–Crippen LogP) is 2.46. The summed E-state index contributed by atoms with van der Waals surface area (Å²) in [4.78, 5) is 26.0. The van der Waals surface area contributed by atoms with Gasteiger partial charge in [0.2, 0.25) is 5.91 Å². The molecule has 0 aliphatic carbocycles. The molecule has 1 aromatic carbocycles. The minimum atomic E-state index is -0.920. The summed E-state index contributed by atoms with van der Waals surface area (Å²) < 4.78 is 0. The SMILES string of the molecule is Cc1ccccc1SCC(=O)N1C(C)SCC1C(=O)O. The fraction of sp³-hybridized carbons (Fsp3) is 0.429. The van der Waals surface area contributed by atoms with E-state index in [1.165, 1.54) is 28.4 Å². The highest BCUT2D eigenvalue weighted by molar-refractivity contribution is 8.00. The molecule has 0 aromatic heterocycles. The van der Waals surface area contributed by atoms with Crippen molar-refractivity contribution in [3.63, 3.8) is 0 Å². The van der Waals surface area contributed by atoms with Gasteiger partial charge in [-0.05, 0) is 25.5 Å². The Kier molecular flexibility index (Phi) is 4.99. The van der Waals surface area contributed by atoms with Gasteiger partial charge in [-0.1, -0.05) is 18.2 Å². The Morgan fingerprint density at radius 1 is 1.45 bits per heavy atom. The first-order chi connectivity index (χ1) is 9.50. The maximum absolute atomic E-state index is 12.3. The number of nitrogens with zero attached hydrogens (tertiary/aromatic N) is 1. The van der Waals surface area contributed by atoms with Crippen LogP contribution in [-0.4, -0.2) is 44.8 Å². The van der Waals surface area contributed by atoms with Gasteiger partial charge in [-0.25, -0.2) is 4.79 Å². The van der Waals surface area contributed by atoms with E-state index in [4.69, 9.17) is 5.11 Å². The number of benzene rings is 1. The van der Waals surface area contributed by atoms with Crippen molar-refractivity contribution < 1.29 is 14.7 Å². The molecule has 4 nitrogen and oxygen atoms in total. The third kappa shape index (κ3) is 3.30. The molecular formula is C14H17NO3S2. The molecule has 20 heavy (non-hydrogen) atoms. The molecular weight excluding hydrogens is 294 g/mol. The lowest BCUT2D eigenvalue weighted by Gasteiger charge is -2.24. The number of carboxylic acids is 1. The zero-order chi connectivity index (χ0) is 14.7. The van der Waals surface area contributed by atoms with Gasteiger partial charge in [-0.2, -0.15) is 0 Å². The maximum atomic E-state index is 12.3. The molecule has 2 atom stereocenters. The largest absolute Gasteiger partial charge is 0.480 e. The lowest BCUT2D eigenvalue weighted by atomic mass is 10.2. The smallest absolute Gasteiger partial charge is 0.327 e. The van der Waals surface area contributed by atoms with Gasteiger partial charge >= 0.3 is 5.97 Å². The Bertz CT molecular complexity index is 521. The van der Waals surface area contributed by atoms with Crippen molar-refractivity contribution >= 4 is 35.4 Å². The molecule has 1 heterocycles. The van der Waals surface area contributed by atoms with Gasteiger partial charge in [0.25, 0.3) is 0 Å². The van der Waals surface area contributed by atoms with Crippen molar-refractivity contribution in [1.29, 1.82) is 0 Å². The Labute approximate surface area is 126 Å². The standard InChI is InChI=1S/C14H17NO3S2/c1-9-5-3-4-6-12(9)20-8-13(16)15-10(2)19-7-11(15)14(17)18/h3-6,10-11H,7-8H2,1-2H3,(H,17,18). The number of rotatable bonds is 4. The number of aliphatic carboxylic acids is 1. The molecule has 1 N–H and O–H groups in total. The lowest BCUT2D eigenvalue weighted by Crippen LogP contribution is -2.45. The fourth-order valence-electron chi connectivity index (χ4n) is 2.14. The summed E-state index contributed by atoms with van der Waals surface area (Å²) in [6.07, 6.45) is 0. The van der Waals surface area contributed by atoms with Gasteiger partial charge in [-0.15, -0.1) is 23.5 Å². The molecule has 1 aliphatic heterocycles. The molecule has 108 valence electrons. The third-order valence-electron chi connectivity index (χ3n) is 3.24. The van der Waals surface area contributed by atoms with E-state index in [0.717, 1.165) is 10.5 Å². The second-order valence-electron chi connectivity index (χ2n) is 4.64. The normalized spacial score (nSPS) is 22.0. The second kappa shape index (κ2) is 6.54. The first-order valence-electron chi connectivity index (χ1n) is 6.34. The van der Waals surface area contributed by atoms with E-state index in [-0.39, 0.29) is 17.0 Å². The quantitative estimate of drug-likeness (QED) is 0.866. The minimum absolute atomic E-state index is 0.0685. The average Bonchev–Trinajstić information content (AvgIpc) is 2.79. The molecule has 0 radical (unpaired) electrons. The number of amides is 1. The number of hydrogen-bond acceptors (Lipinski definition) is 4. The van der Waals surface area contributed by atoms with Crippen LogP contribution in [-0.2, 0) is 9.59 Å². The zero-order valence-corrected chi connectivity index (χ0v) is 13.0. The van der Waals surface area contributed by atoms with Gasteiger partial charge in [-0.3, -0.25) is 4.79 Å². The van der Waals surface area contributed by atoms with E-state index in [2.05, 4.69) is 0 Å². The summed E-state index contributed by atoms with van der Waals surface area (Å²) in [5.41, 5.74) is 1.13. The zero-order valence-electron chi connectivity index (χ0n) is 11.4. The summed E-state index contributed by atoms with van der Waals surface area (Å²) in [6, 6.07) is 7.18. The van der Waals surface area contributed by atoms with E-state index in [1.807, 2.05) is 38.1 Å². The molecule has 1 saturated heterocycles. The van der Waals surface area contributed by atoms with Gasteiger partial charge in [0, 0.05) is 10.6 Å².